The average molecular weight is 419 g/mol. The van der Waals surface area contributed by atoms with Crippen LogP contribution in [0.5, 0.6) is 5.75 Å². The van der Waals surface area contributed by atoms with Gasteiger partial charge in [-0.25, -0.2) is 9.97 Å². The fourth-order valence-corrected chi connectivity index (χ4v) is 5.71. The number of unbranched alkanes of at least 4 members (excludes halogenated alkanes) is 2. The number of nitrogens with zero attached hydrogens (tertiary/aromatic N) is 2. The van der Waals surface area contributed by atoms with E-state index in [4.69, 9.17) is 4.74 Å². The third-order valence-electron chi connectivity index (χ3n) is 7.84. The molecule has 2 aromatic rings. The van der Waals surface area contributed by atoms with E-state index in [2.05, 4.69) is 54.2 Å². The molecular weight excluding hydrogens is 380 g/mol. The van der Waals surface area contributed by atoms with Gasteiger partial charge in [-0.05, 0) is 67.8 Å². The number of hydrogen-bond acceptors (Lipinski definition) is 3. The lowest BCUT2D eigenvalue weighted by atomic mass is 9.51. The third kappa shape index (κ3) is 5.02. The van der Waals surface area contributed by atoms with E-state index in [1.165, 1.54) is 69.8 Å². The van der Waals surface area contributed by atoms with Crippen LogP contribution in [0, 0.1) is 5.41 Å². The summed E-state index contributed by atoms with van der Waals surface area (Å²) in [4.78, 5) is 9.04. The molecule has 1 heterocycles. The fourth-order valence-electron chi connectivity index (χ4n) is 5.71. The van der Waals surface area contributed by atoms with Gasteiger partial charge in [0, 0.05) is 5.56 Å². The summed E-state index contributed by atoms with van der Waals surface area (Å²) >= 11 is 0. The van der Waals surface area contributed by atoms with Crippen LogP contribution in [0.25, 0.3) is 11.4 Å². The van der Waals surface area contributed by atoms with Gasteiger partial charge in [-0.3, -0.25) is 0 Å². The van der Waals surface area contributed by atoms with E-state index in [0.29, 0.717) is 23.2 Å². The molecule has 0 unspecified atom stereocenters. The van der Waals surface area contributed by atoms with Gasteiger partial charge in [0.25, 0.3) is 0 Å². The number of hydrogen-bond donors (Lipinski definition) is 0. The van der Waals surface area contributed by atoms with E-state index < -0.39 is 0 Å². The molecule has 0 radical (unpaired) electrons. The minimum absolute atomic E-state index is 0.412. The maximum atomic E-state index is 5.66. The minimum atomic E-state index is 0.412. The Balaban J connectivity index is 1.37. The zero-order valence-corrected chi connectivity index (χ0v) is 19.4. The van der Waals surface area contributed by atoms with Crippen LogP contribution >= 0.6 is 0 Å². The van der Waals surface area contributed by atoms with Crippen molar-refractivity contribution in [2.24, 2.45) is 5.41 Å². The summed E-state index contributed by atoms with van der Waals surface area (Å²) in [5.41, 5.74) is 3.69. The van der Waals surface area contributed by atoms with Crippen molar-refractivity contribution >= 4 is 0 Å². The van der Waals surface area contributed by atoms with Crippen molar-refractivity contribution in [2.75, 3.05) is 6.61 Å². The molecule has 31 heavy (non-hydrogen) atoms. The largest absolute Gasteiger partial charge is 0.486 e. The number of aromatic nitrogens is 2. The summed E-state index contributed by atoms with van der Waals surface area (Å²) in [6.45, 7) is 4.99. The molecule has 3 heteroatoms. The highest BCUT2D eigenvalue weighted by Crippen LogP contribution is 2.59. The SMILES string of the molecule is CCC=CCOc1cnc(-c2ccc(C34CCC(CCCCC)(CC3)CC4)cc2)nc1. The minimum Gasteiger partial charge on any atom is -0.486 e. The zero-order chi connectivity index (χ0) is 21.6. The summed E-state index contributed by atoms with van der Waals surface area (Å²) in [6, 6.07) is 9.10. The van der Waals surface area contributed by atoms with Crippen molar-refractivity contribution in [1.29, 1.82) is 0 Å². The molecular formula is C28H38N2O. The van der Waals surface area contributed by atoms with Crippen LogP contribution in [0.4, 0.5) is 0 Å². The van der Waals surface area contributed by atoms with Crippen molar-refractivity contribution in [3.63, 3.8) is 0 Å². The summed E-state index contributed by atoms with van der Waals surface area (Å²) in [6.07, 6.45) is 22.7. The standard InChI is InChI=1S/C28H38N2O/c1-3-5-7-13-27-14-17-28(18-15-27,19-16-27)24-11-9-23(10-12-24)26-29-21-25(22-30-26)31-20-8-6-4-2/h6,8-12,21-22H,3-5,7,13-20H2,1-2H3. The van der Waals surface area contributed by atoms with Gasteiger partial charge in [0.1, 0.15) is 6.61 Å². The number of benzene rings is 1. The van der Waals surface area contributed by atoms with Gasteiger partial charge < -0.3 is 4.74 Å². The molecule has 1 aromatic heterocycles. The molecule has 0 spiro atoms. The molecule has 0 amide bonds. The highest BCUT2D eigenvalue weighted by atomic mass is 16.5. The lowest BCUT2D eigenvalue weighted by Gasteiger charge is -2.54. The van der Waals surface area contributed by atoms with Gasteiger partial charge in [-0.15, -0.1) is 0 Å². The zero-order valence-electron chi connectivity index (χ0n) is 19.4. The number of ether oxygens (including phenoxy) is 1. The number of rotatable bonds is 10. The Bertz CT molecular complexity index is 829. The normalized spacial score (nSPS) is 25.2. The Morgan fingerprint density at radius 3 is 2.16 bits per heavy atom. The second-order valence-corrected chi connectivity index (χ2v) is 9.75. The molecule has 3 fully saturated rings. The molecule has 0 atom stereocenters. The van der Waals surface area contributed by atoms with Crippen LogP contribution in [-0.4, -0.2) is 16.6 Å². The first-order valence-corrected chi connectivity index (χ1v) is 12.4. The smallest absolute Gasteiger partial charge is 0.159 e. The van der Waals surface area contributed by atoms with Crippen molar-refractivity contribution in [3.8, 4) is 17.1 Å². The Morgan fingerprint density at radius 2 is 1.55 bits per heavy atom. The molecule has 2 bridgehead atoms. The van der Waals surface area contributed by atoms with Gasteiger partial charge in [0.05, 0.1) is 12.4 Å². The molecule has 166 valence electrons. The predicted molar refractivity (Wildman–Crippen MR) is 128 cm³/mol. The lowest BCUT2D eigenvalue weighted by molar-refractivity contribution is 0.0305. The Morgan fingerprint density at radius 1 is 0.871 bits per heavy atom. The molecule has 3 nitrogen and oxygen atoms in total. The van der Waals surface area contributed by atoms with Crippen molar-refractivity contribution < 1.29 is 4.74 Å². The Kier molecular flexibility index (Phi) is 7.09. The number of allylic oxidation sites excluding steroid dienone is 1. The number of fused-ring (bicyclic) bond motifs is 3. The van der Waals surface area contributed by atoms with E-state index in [-0.39, 0.29) is 0 Å². The molecule has 1 aromatic carbocycles. The van der Waals surface area contributed by atoms with Crippen LogP contribution in [-0.2, 0) is 5.41 Å². The topological polar surface area (TPSA) is 35.0 Å². The monoisotopic (exact) mass is 418 g/mol. The van der Waals surface area contributed by atoms with Crippen molar-refractivity contribution in [2.45, 2.75) is 89.9 Å². The molecule has 3 aliphatic rings. The van der Waals surface area contributed by atoms with Gasteiger partial charge in [-0.2, -0.15) is 0 Å². The molecule has 0 aliphatic heterocycles. The average Bonchev–Trinajstić information content (AvgIpc) is 2.84. The summed E-state index contributed by atoms with van der Waals surface area (Å²) < 4.78 is 5.66. The van der Waals surface area contributed by atoms with Crippen LogP contribution in [0.1, 0.15) is 90.0 Å². The molecule has 0 saturated heterocycles. The highest BCUT2D eigenvalue weighted by Gasteiger charge is 2.48. The Labute approximate surface area is 188 Å². The molecule has 5 rings (SSSR count). The van der Waals surface area contributed by atoms with Crippen LogP contribution in [0.15, 0.2) is 48.8 Å². The van der Waals surface area contributed by atoms with Crippen molar-refractivity contribution in [1.82, 2.24) is 9.97 Å². The van der Waals surface area contributed by atoms with Crippen LogP contribution < -0.4 is 4.74 Å². The Hall–Kier alpha value is -2.16. The fraction of sp³-hybridized carbons (Fsp3) is 0.571. The lowest BCUT2D eigenvalue weighted by Crippen LogP contribution is -2.44. The second-order valence-electron chi connectivity index (χ2n) is 9.75. The first-order valence-electron chi connectivity index (χ1n) is 12.4. The van der Waals surface area contributed by atoms with Gasteiger partial charge in [0.15, 0.2) is 11.6 Å². The predicted octanol–water partition coefficient (Wildman–Crippen LogP) is 7.66. The second kappa shape index (κ2) is 9.97. The van der Waals surface area contributed by atoms with E-state index in [9.17, 15) is 0 Å². The molecule has 0 N–H and O–H groups in total. The first kappa shape index (κ1) is 22.0. The van der Waals surface area contributed by atoms with Gasteiger partial charge in [-0.1, -0.05) is 69.5 Å². The van der Waals surface area contributed by atoms with Crippen LogP contribution in [0.2, 0.25) is 0 Å². The van der Waals surface area contributed by atoms with Gasteiger partial charge >= 0.3 is 0 Å². The van der Waals surface area contributed by atoms with Crippen LogP contribution in [0.3, 0.4) is 0 Å². The maximum absolute atomic E-state index is 5.66. The van der Waals surface area contributed by atoms with E-state index in [1.807, 2.05) is 6.08 Å². The maximum Gasteiger partial charge on any atom is 0.159 e. The third-order valence-corrected chi connectivity index (χ3v) is 7.84. The molecule has 3 saturated carbocycles. The van der Waals surface area contributed by atoms with E-state index >= 15 is 0 Å². The van der Waals surface area contributed by atoms with E-state index in [1.54, 1.807) is 12.4 Å². The summed E-state index contributed by atoms with van der Waals surface area (Å²) in [5, 5.41) is 0. The first-order chi connectivity index (χ1) is 15.2. The van der Waals surface area contributed by atoms with Crippen molar-refractivity contribution in [3.05, 3.63) is 54.4 Å². The highest BCUT2D eigenvalue weighted by molar-refractivity contribution is 5.56. The molecule has 3 aliphatic carbocycles. The summed E-state index contributed by atoms with van der Waals surface area (Å²) in [7, 11) is 0. The quantitative estimate of drug-likeness (QED) is 0.293. The summed E-state index contributed by atoms with van der Waals surface area (Å²) in [5.74, 6) is 1.48. The van der Waals surface area contributed by atoms with E-state index in [0.717, 1.165) is 17.8 Å². The van der Waals surface area contributed by atoms with Gasteiger partial charge in [0.2, 0.25) is 0 Å².